The number of carbonyl (C=O) groups excluding carboxylic acids is 1. The summed E-state index contributed by atoms with van der Waals surface area (Å²) < 4.78 is 0. The second-order valence-electron chi connectivity index (χ2n) is 7.21. The maximum atomic E-state index is 12.1. The van der Waals surface area contributed by atoms with Crippen LogP contribution in [0.2, 0.25) is 0 Å². The van der Waals surface area contributed by atoms with Crippen molar-refractivity contribution in [3.63, 3.8) is 0 Å². The van der Waals surface area contributed by atoms with Crippen molar-refractivity contribution in [3.05, 3.63) is 35.4 Å². The number of nitrogens with zero attached hydrogens (tertiary/aromatic N) is 3. The molecule has 1 amide bonds. The van der Waals surface area contributed by atoms with E-state index in [4.69, 9.17) is 5.26 Å². The van der Waals surface area contributed by atoms with Crippen LogP contribution in [0, 0.1) is 17.2 Å². The maximum Gasteiger partial charge on any atom is 0.223 e. The first-order valence-corrected chi connectivity index (χ1v) is 7.78. The van der Waals surface area contributed by atoms with Crippen molar-refractivity contribution in [3.8, 4) is 6.07 Å². The molecular formula is C18H25N3O. The quantitative estimate of drug-likeness (QED) is 0.858. The van der Waals surface area contributed by atoms with E-state index in [0.29, 0.717) is 12.3 Å². The lowest BCUT2D eigenvalue weighted by molar-refractivity contribution is -0.131. The van der Waals surface area contributed by atoms with E-state index in [9.17, 15) is 4.79 Å². The Labute approximate surface area is 133 Å². The molecule has 2 rings (SSSR count). The fraction of sp³-hybridized carbons (Fsp3) is 0.556. The molecule has 0 bridgehead atoms. The van der Waals surface area contributed by atoms with Gasteiger partial charge in [-0.05, 0) is 45.4 Å². The molecule has 4 nitrogen and oxygen atoms in total. The molecule has 118 valence electrons. The van der Waals surface area contributed by atoms with Crippen molar-refractivity contribution in [2.45, 2.75) is 39.3 Å². The molecule has 1 aromatic carbocycles. The monoisotopic (exact) mass is 299 g/mol. The first-order chi connectivity index (χ1) is 10.3. The van der Waals surface area contributed by atoms with Gasteiger partial charge in [0.15, 0.2) is 0 Å². The second-order valence-corrected chi connectivity index (χ2v) is 7.21. The summed E-state index contributed by atoms with van der Waals surface area (Å²) in [4.78, 5) is 16.3. The molecule has 0 aromatic heterocycles. The summed E-state index contributed by atoms with van der Waals surface area (Å²) in [5, 5.41) is 9.15. The van der Waals surface area contributed by atoms with Crippen molar-refractivity contribution in [2.75, 3.05) is 20.1 Å². The molecule has 1 aliphatic rings. The zero-order valence-electron chi connectivity index (χ0n) is 14.0. The van der Waals surface area contributed by atoms with Crippen LogP contribution in [0.4, 0.5) is 0 Å². The molecule has 0 saturated carbocycles. The van der Waals surface area contributed by atoms with Gasteiger partial charge >= 0.3 is 0 Å². The minimum Gasteiger partial charge on any atom is -0.338 e. The Hall–Kier alpha value is -1.86. The van der Waals surface area contributed by atoms with Crippen LogP contribution in [0.15, 0.2) is 24.3 Å². The maximum absolute atomic E-state index is 12.1. The standard InChI is InChI=1S/C18H25N3O/c1-18(2,3)21-12-14(9-17(21)22)11-20(4)13-16-8-6-5-7-15(16)10-19/h5-8,14H,9,11-13H2,1-4H3/t14-/m0/s1. The molecular weight excluding hydrogens is 274 g/mol. The molecule has 1 saturated heterocycles. The predicted molar refractivity (Wildman–Crippen MR) is 87.1 cm³/mol. The Bertz CT molecular complexity index is 583. The van der Waals surface area contributed by atoms with Crippen LogP contribution in [0.5, 0.6) is 0 Å². The average molecular weight is 299 g/mol. The Morgan fingerprint density at radius 2 is 2.05 bits per heavy atom. The van der Waals surface area contributed by atoms with Gasteiger partial charge in [-0.25, -0.2) is 0 Å². The normalized spacial score (nSPS) is 18.8. The summed E-state index contributed by atoms with van der Waals surface area (Å²) in [6.45, 7) is 8.69. The van der Waals surface area contributed by atoms with E-state index in [-0.39, 0.29) is 11.4 Å². The fourth-order valence-electron chi connectivity index (χ4n) is 3.12. The molecule has 1 atom stereocenters. The summed E-state index contributed by atoms with van der Waals surface area (Å²) >= 11 is 0. The largest absolute Gasteiger partial charge is 0.338 e. The number of benzene rings is 1. The summed E-state index contributed by atoms with van der Waals surface area (Å²) in [6, 6.07) is 9.94. The zero-order chi connectivity index (χ0) is 16.3. The summed E-state index contributed by atoms with van der Waals surface area (Å²) in [7, 11) is 2.05. The van der Waals surface area contributed by atoms with Crippen molar-refractivity contribution in [1.29, 1.82) is 5.26 Å². The minimum absolute atomic E-state index is 0.0994. The van der Waals surface area contributed by atoms with Gasteiger partial charge in [0.2, 0.25) is 5.91 Å². The SMILES string of the molecule is CN(Cc1ccccc1C#N)C[C@@H]1CC(=O)N(C(C)(C)C)C1. The van der Waals surface area contributed by atoms with Gasteiger partial charge in [-0.1, -0.05) is 18.2 Å². The molecule has 0 radical (unpaired) electrons. The van der Waals surface area contributed by atoms with E-state index >= 15 is 0 Å². The number of carbonyl (C=O) groups is 1. The van der Waals surface area contributed by atoms with Gasteiger partial charge in [-0.2, -0.15) is 5.26 Å². The van der Waals surface area contributed by atoms with E-state index in [0.717, 1.165) is 30.8 Å². The van der Waals surface area contributed by atoms with Crippen molar-refractivity contribution < 1.29 is 4.79 Å². The highest BCUT2D eigenvalue weighted by atomic mass is 16.2. The number of likely N-dealkylation sites (tertiary alicyclic amines) is 1. The highest BCUT2D eigenvalue weighted by Gasteiger charge is 2.36. The van der Waals surface area contributed by atoms with Gasteiger partial charge in [0, 0.05) is 31.6 Å². The highest BCUT2D eigenvalue weighted by molar-refractivity contribution is 5.79. The Balaban J connectivity index is 1.95. The molecule has 0 N–H and O–H groups in total. The van der Waals surface area contributed by atoms with Gasteiger partial charge in [0.1, 0.15) is 0 Å². The summed E-state index contributed by atoms with van der Waals surface area (Å²) in [5.74, 6) is 0.620. The number of amides is 1. The van der Waals surface area contributed by atoms with Crippen LogP contribution in [0.25, 0.3) is 0 Å². The van der Waals surface area contributed by atoms with Crippen LogP contribution < -0.4 is 0 Å². The van der Waals surface area contributed by atoms with Crippen LogP contribution in [-0.4, -0.2) is 41.4 Å². The average Bonchev–Trinajstić information content (AvgIpc) is 2.80. The molecule has 1 aromatic rings. The third kappa shape index (κ3) is 3.86. The smallest absolute Gasteiger partial charge is 0.223 e. The molecule has 1 heterocycles. The van der Waals surface area contributed by atoms with Gasteiger partial charge in [-0.15, -0.1) is 0 Å². The third-order valence-electron chi connectivity index (χ3n) is 4.16. The first-order valence-electron chi connectivity index (χ1n) is 7.78. The minimum atomic E-state index is -0.0994. The Morgan fingerprint density at radius 3 is 2.64 bits per heavy atom. The topological polar surface area (TPSA) is 47.3 Å². The number of hydrogen-bond donors (Lipinski definition) is 0. The van der Waals surface area contributed by atoms with Gasteiger partial charge in [-0.3, -0.25) is 4.79 Å². The van der Waals surface area contributed by atoms with E-state index in [2.05, 4.69) is 38.8 Å². The highest BCUT2D eigenvalue weighted by Crippen LogP contribution is 2.26. The lowest BCUT2D eigenvalue weighted by Gasteiger charge is -2.32. The summed E-state index contributed by atoms with van der Waals surface area (Å²) in [5.41, 5.74) is 1.68. The molecule has 0 spiro atoms. The molecule has 0 unspecified atom stereocenters. The van der Waals surface area contributed by atoms with Crippen molar-refractivity contribution in [2.24, 2.45) is 5.92 Å². The number of rotatable bonds is 4. The second kappa shape index (κ2) is 6.50. The van der Waals surface area contributed by atoms with E-state index in [1.54, 1.807) is 0 Å². The van der Waals surface area contributed by atoms with E-state index in [1.165, 1.54) is 0 Å². The molecule has 0 aliphatic carbocycles. The lowest BCUT2D eigenvalue weighted by Crippen LogP contribution is -2.42. The number of nitriles is 1. The van der Waals surface area contributed by atoms with Gasteiger partial charge in [0.25, 0.3) is 0 Å². The van der Waals surface area contributed by atoms with E-state index < -0.39 is 0 Å². The van der Waals surface area contributed by atoms with E-state index in [1.807, 2.05) is 29.2 Å². The Kier molecular flexibility index (Phi) is 4.87. The fourth-order valence-corrected chi connectivity index (χ4v) is 3.12. The van der Waals surface area contributed by atoms with Crippen LogP contribution >= 0.6 is 0 Å². The zero-order valence-corrected chi connectivity index (χ0v) is 14.0. The number of hydrogen-bond acceptors (Lipinski definition) is 3. The Morgan fingerprint density at radius 1 is 1.36 bits per heavy atom. The van der Waals surface area contributed by atoms with Crippen LogP contribution in [0.1, 0.15) is 38.3 Å². The van der Waals surface area contributed by atoms with Crippen molar-refractivity contribution >= 4 is 5.91 Å². The van der Waals surface area contributed by atoms with Crippen molar-refractivity contribution in [1.82, 2.24) is 9.80 Å². The van der Waals surface area contributed by atoms with Crippen LogP contribution in [0.3, 0.4) is 0 Å². The molecule has 1 aliphatic heterocycles. The molecule has 1 fully saturated rings. The first kappa shape index (κ1) is 16.5. The summed E-state index contributed by atoms with van der Waals surface area (Å²) in [6.07, 6.45) is 0.626. The molecule has 4 heteroatoms. The third-order valence-corrected chi connectivity index (χ3v) is 4.16. The predicted octanol–water partition coefficient (Wildman–Crippen LogP) is 2.64. The van der Waals surface area contributed by atoms with Crippen LogP contribution in [-0.2, 0) is 11.3 Å². The molecule has 22 heavy (non-hydrogen) atoms. The lowest BCUT2D eigenvalue weighted by atomic mass is 10.1. The van der Waals surface area contributed by atoms with Gasteiger partial charge in [0.05, 0.1) is 11.6 Å². The van der Waals surface area contributed by atoms with Gasteiger partial charge < -0.3 is 9.80 Å².